The number of imidazole rings is 1. The fourth-order valence-electron chi connectivity index (χ4n) is 4.91. The fourth-order valence-corrected chi connectivity index (χ4v) is 4.91. The molecule has 0 saturated heterocycles. The average Bonchev–Trinajstić information content (AvgIpc) is 3.35. The molecular weight excluding hydrogens is 522 g/mol. The number of aromatic nitrogens is 3. The van der Waals surface area contributed by atoms with Crippen LogP contribution in [0.4, 0.5) is 9.59 Å². The maximum absolute atomic E-state index is 13.5. The van der Waals surface area contributed by atoms with Gasteiger partial charge in [0, 0.05) is 56.3 Å². The van der Waals surface area contributed by atoms with E-state index in [0.717, 1.165) is 40.8 Å². The molecule has 2 aromatic heterocycles. The molecular formula is C28H38ClN5O5. The molecule has 11 heteroatoms. The topological polar surface area (TPSA) is 98.7 Å². The third-order valence-corrected chi connectivity index (χ3v) is 7.00. The maximum Gasteiger partial charge on any atom is 0.412 e. The van der Waals surface area contributed by atoms with Gasteiger partial charge in [0.2, 0.25) is 6.73 Å². The Labute approximate surface area is 235 Å². The number of fused-ring (bicyclic) bond motifs is 3. The number of ether oxygens (including phenoxy) is 2. The summed E-state index contributed by atoms with van der Waals surface area (Å²) in [6.07, 6.45) is 4.41. The van der Waals surface area contributed by atoms with Gasteiger partial charge in [0.15, 0.2) is 5.78 Å². The van der Waals surface area contributed by atoms with Gasteiger partial charge in [-0.25, -0.2) is 14.2 Å². The highest BCUT2D eigenvalue weighted by Gasteiger charge is 2.34. The molecule has 0 aliphatic heterocycles. The molecule has 2 heterocycles. The first kappa shape index (κ1) is 30.0. The molecule has 1 N–H and O–H groups in total. The highest BCUT2D eigenvalue weighted by Crippen LogP contribution is 2.34. The highest BCUT2D eigenvalue weighted by molar-refractivity contribution is 6.11. The monoisotopic (exact) mass is 559 g/mol. The second-order valence-corrected chi connectivity index (χ2v) is 10.9. The van der Waals surface area contributed by atoms with Crippen LogP contribution in [-0.2, 0) is 36.2 Å². The van der Waals surface area contributed by atoms with Crippen molar-refractivity contribution < 1.29 is 40.8 Å². The van der Waals surface area contributed by atoms with E-state index >= 15 is 0 Å². The van der Waals surface area contributed by atoms with Crippen molar-refractivity contribution in [2.75, 3.05) is 20.1 Å². The van der Waals surface area contributed by atoms with E-state index in [1.54, 1.807) is 27.8 Å². The summed E-state index contributed by atoms with van der Waals surface area (Å²) in [6, 6.07) is 8.07. The molecule has 3 aromatic rings. The Bertz CT molecular complexity index is 1360. The predicted molar refractivity (Wildman–Crippen MR) is 142 cm³/mol. The molecule has 1 aromatic carbocycles. The van der Waals surface area contributed by atoms with Crippen molar-refractivity contribution in [3.05, 3.63) is 53.7 Å². The highest BCUT2D eigenvalue weighted by atomic mass is 35.5. The number of amides is 2. The molecule has 39 heavy (non-hydrogen) atoms. The number of carbonyl (C=O) groups is 3. The molecule has 0 saturated carbocycles. The van der Waals surface area contributed by atoms with E-state index in [1.165, 1.54) is 4.90 Å². The number of nitrogens with zero attached hydrogens (tertiary/aromatic N) is 4. The lowest BCUT2D eigenvalue weighted by Gasteiger charge is -2.21. The number of Topliss-reactive ketones (excluding diaryl/α,β-unsaturated/α-hetero) is 1. The average molecular weight is 560 g/mol. The minimum atomic E-state index is -0.580. The molecule has 0 bridgehead atoms. The summed E-state index contributed by atoms with van der Waals surface area (Å²) in [5.74, 6) is 0.971. The van der Waals surface area contributed by atoms with E-state index in [2.05, 4.69) is 16.0 Å². The SMILES string of the molecule is Cc1n(CC2CCc3c(c4ccccc4n3C)C2=O)cc[n+]1COC(=O)N(C)CCNC(=O)OC(C)(C)C.[Cl-]. The van der Waals surface area contributed by atoms with Crippen LogP contribution in [0.15, 0.2) is 36.7 Å². The number of benzene rings is 1. The molecule has 2 amide bonds. The van der Waals surface area contributed by atoms with Crippen molar-refractivity contribution in [3.63, 3.8) is 0 Å². The van der Waals surface area contributed by atoms with Gasteiger partial charge in [-0.3, -0.25) is 4.79 Å². The number of hydrogen-bond donors (Lipinski definition) is 1. The van der Waals surface area contributed by atoms with Crippen molar-refractivity contribution in [2.45, 2.75) is 59.4 Å². The zero-order valence-electron chi connectivity index (χ0n) is 23.5. The van der Waals surface area contributed by atoms with E-state index in [-0.39, 0.29) is 43.9 Å². The number of nitrogens with one attached hydrogen (secondary N) is 1. The van der Waals surface area contributed by atoms with Crippen LogP contribution >= 0.6 is 0 Å². The standard InChI is InChI=1S/C28H37N5O5.ClH/c1-19-32(17-20-11-12-23-24(25(20)34)21-9-7-8-10-22(21)31(23)6)15-16-33(19)18-37-27(36)30(5)14-13-29-26(35)38-28(2,3)4;/h7-10,15-16,20H,11-14,17-18H2,1-6H3;1H. The zero-order valence-corrected chi connectivity index (χ0v) is 24.2. The first-order valence-electron chi connectivity index (χ1n) is 13.0. The lowest BCUT2D eigenvalue weighted by Crippen LogP contribution is -3.00. The largest absolute Gasteiger partial charge is 1.00 e. The quantitative estimate of drug-likeness (QED) is 0.427. The van der Waals surface area contributed by atoms with Crippen LogP contribution in [-0.4, -0.2) is 57.7 Å². The van der Waals surface area contributed by atoms with E-state index in [4.69, 9.17) is 9.47 Å². The van der Waals surface area contributed by atoms with E-state index < -0.39 is 17.8 Å². The summed E-state index contributed by atoms with van der Waals surface area (Å²) >= 11 is 0. The number of carbonyl (C=O) groups excluding carboxylic acids is 3. The third-order valence-electron chi connectivity index (χ3n) is 7.00. The van der Waals surface area contributed by atoms with Crippen LogP contribution in [0.5, 0.6) is 0 Å². The molecule has 10 nitrogen and oxygen atoms in total. The number of aryl methyl sites for hydroxylation is 1. The molecule has 1 aliphatic carbocycles. The predicted octanol–water partition coefficient (Wildman–Crippen LogP) is 0.576. The molecule has 1 aliphatic rings. The third kappa shape index (κ3) is 6.73. The molecule has 212 valence electrons. The molecule has 4 rings (SSSR count). The smallest absolute Gasteiger partial charge is 0.412 e. The van der Waals surface area contributed by atoms with Gasteiger partial charge in [-0.05, 0) is 39.7 Å². The van der Waals surface area contributed by atoms with Gasteiger partial charge in [0.05, 0.1) is 5.92 Å². The first-order chi connectivity index (χ1) is 18.0. The molecule has 0 fully saturated rings. The lowest BCUT2D eigenvalue weighted by atomic mass is 9.85. The summed E-state index contributed by atoms with van der Waals surface area (Å²) < 4.78 is 16.7. The Kier molecular flexibility index (Phi) is 9.32. The van der Waals surface area contributed by atoms with Crippen LogP contribution in [0.25, 0.3) is 10.9 Å². The Morgan fingerprint density at radius 3 is 2.67 bits per heavy atom. The minimum absolute atomic E-state index is 0. The van der Waals surface area contributed by atoms with Gasteiger partial charge in [-0.1, -0.05) is 18.2 Å². The van der Waals surface area contributed by atoms with Gasteiger partial charge >= 0.3 is 12.2 Å². The Morgan fingerprint density at radius 2 is 1.95 bits per heavy atom. The molecule has 1 atom stereocenters. The van der Waals surface area contributed by atoms with Gasteiger partial charge in [-0.2, -0.15) is 4.57 Å². The summed E-state index contributed by atoms with van der Waals surface area (Å²) in [7, 11) is 3.64. The fraction of sp³-hybridized carbons (Fsp3) is 0.500. The van der Waals surface area contributed by atoms with E-state index in [0.29, 0.717) is 6.54 Å². The van der Waals surface area contributed by atoms with E-state index in [9.17, 15) is 14.4 Å². The maximum atomic E-state index is 13.5. The minimum Gasteiger partial charge on any atom is -1.00 e. The van der Waals surface area contributed by atoms with Crippen molar-refractivity contribution in [2.24, 2.45) is 13.0 Å². The van der Waals surface area contributed by atoms with Crippen LogP contribution in [0.1, 0.15) is 49.1 Å². The Balaban J connectivity index is 0.00000420. The summed E-state index contributed by atoms with van der Waals surface area (Å²) in [4.78, 5) is 39.1. The van der Waals surface area contributed by atoms with Crippen molar-refractivity contribution in [1.29, 1.82) is 0 Å². The number of alkyl carbamates (subject to hydrolysis) is 1. The molecule has 0 spiro atoms. The number of rotatable bonds is 7. The Morgan fingerprint density at radius 1 is 1.23 bits per heavy atom. The summed E-state index contributed by atoms with van der Waals surface area (Å²) in [6.45, 7) is 8.46. The second-order valence-electron chi connectivity index (χ2n) is 10.9. The van der Waals surface area contributed by atoms with Crippen LogP contribution in [0, 0.1) is 12.8 Å². The van der Waals surface area contributed by atoms with Crippen molar-refractivity contribution in [1.82, 2.24) is 19.4 Å². The van der Waals surface area contributed by atoms with Crippen molar-refractivity contribution in [3.8, 4) is 0 Å². The number of likely N-dealkylation sites (N-methyl/N-ethyl adjacent to an activating group) is 1. The second kappa shape index (κ2) is 12.1. The Hall–Kier alpha value is -3.53. The zero-order chi connectivity index (χ0) is 27.6. The number of halogens is 1. The number of hydrogen-bond acceptors (Lipinski definition) is 5. The lowest BCUT2D eigenvalue weighted by molar-refractivity contribution is -0.732. The molecule has 0 radical (unpaired) electrons. The first-order valence-corrected chi connectivity index (χ1v) is 13.0. The normalized spacial score (nSPS) is 14.9. The van der Waals surface area contributed by atoms with Gasteiger partial charge in [0.25, 0.3) is 5.82 Å². The van der Waals surface area contributed by atoms with Gasteiger partial charge < -0.3 is 36.7 Å². The number of para-hydroxylation sites is 1. The van der Waals surface area contributed by atoms with Gasteiger partial charge in [-0.15, -0.1) is 0 Å². The molecule has 1 unspecified atom stereocenters. The van der Waals surface area contributed by atoms with Crippen LogP contribution in [0.2, 0.25) is 0 Å². The number of ketones is 1. The summed E-state index contributed by atoms with van der Waals surface area (Å²) in [5, 5.41) is 3.65. The van der Waals surface area contributed by atoms with Crippen molar-refractivity contribution >= 4 is 28.9 Å². The summed E-state index contributed by atoms with van der Waals surface area (Å²) in [5.41, 5.74) is 2.48. The van der Waals surface area contributed by atoms with E-state index in [1.807, 2.05) is 53.7 Å². The van der Waals surface area contributed by atoms with Crippen LogP contribution < -0.4 is 22.3 Å². The van der Waals surface area contributed by atoms with Gasteiger partial charge in [0.1, 0.15) is 24.5 Å². The van der Waals surface area contributed by atoms with Crippen LogP contribution in [0.3, 0.4) is 0 Å².